The van der Waals surface area contributed by atoms with E-state index in [1.54, 1.807) is 11.0 Å². The summed E-state index contributed by atoms with van der Waals surface area (Å²) in [6.45, 7) is 1.75. The van der Waals surface area contributed by atoms with Crippen LogP contribution in [0.25, 0.3) is 0 Å². The lowest BCUT2D eigenvalue weighted by atomic mass is 10.1. The molecule has 1 aromatic rings. The van der Waals surface area contributed by atoms with Gasteiger partial charge < -0.3 is 20.6 Å². The number of carbonyl (C=O) groups excluding carboxylic acids is 1. The molecule has 0 aliphatic carbocycles. The SMILES string of the molecule is CNc1ccc2c(c1)C(O)N(C1CCCNC1)C2=O. The number of hydrogen-bond acceptors (Lipinski definition) is 4. The van der Waals surface area contributed by atoms with Crippen LogP contribution in [0.3, 0.4) is 0 Å². The smallest absolute Gasteiger partial charge is 0.256 e. The number of benzene rings is 1. The van der Waals surface area contributed by atoms with Crippen LogP contribution in [0.1, 0.15) is 35.0 Å². The van der Waals surface area contributed by atoms with E-state index in [1.807, 2.05) is 19.2 Å². The minimum absolute atomic E-state index is 0.0566. The third-order valence-corrected chi connectivity index (χ3v) is 4.01. The average molecular weight is 261 g/mol. The number of hydrogen-bond donors (Lipinski definition) is 3. The van der Waals surface area contributed by atoms with Gasteiger partial charge >= 0.3 is 0 Å². The first kappa shape index (κ1) is 12.4. The third kappa shape index (κ3) is 1.99. The second-order valence-electron chi connectivity index (χ2n) is 5.14. The van der Waals surface area contributed by atoms with E-state index in [-0.39, 0.29) is 11.9 Å². The summed E-state index contributed by atoms with van der Waals surface area (Å²) in [7, 11) is 1.83. The Balaban J connectivity index is 1.92. The normalized spacial score (nSPS) is 26.4. The highest BCUT2D eigenvalue weighted by atomic mass is 16.3. The van der Waals surface area contributed by atoms with Gasteiger partial charge in [0, 0.05) is 36.4 Å². The minimum Gasteiger partial charge on any atom is -0.388 e. The molecule has 2 heterocycles. The molecule has 0 radical (unpaired) electrons. The Morgan fingerprint density at radius 1 is 1.47 bits per heavy atom. The Labute approximate surface area is 112 Å². The van der Waals surface area contributed by atoms with Crippen LogP contribution < -0.4 is 10.6 Å². The van der Waals surface area contributed by atoms with Gasteiger partial charge in [0.05, 0.1) is 0 Å². The summed E-state index contributed by atoms with van der Waals surface area (Å²) in [5.74, 6) is -0.0566. The molecule has 2 atom stereocenters. The second-order valence-corrected chi connectivity index (χ2v) is 5.14. The van der Waals surface area contributed by atoms with Gasteiger partial charge in [0.2, 0.25) is 0 Å². The Hall–Kier alpha value is -1.59. The molecule has 5 heteroatoms. The number of fused-ring (bicyclic) bond motifs is 1. The van der Waals surface area contributed by atoms with Crippen molar-refractivity contribution in [1.29, 1.82) is 0 Å². The van der Waals surface area contributed by atoms with Crippen LogP contribution >= 0.6 is 0 Å². The minimum atomic E-state index is -0.819. The highest BCUT2D eigenvalue weighted by Crippen LogP contribution is 2.36. The van der Waals surface area contributed by atoms with Gasteiger partial charge in [-0.3, -0.25) is 4.79 Å². The summed E-state index contributed by atoms with van der Waals surface area (Å²) < 4.78 is 0. The zero-order valence-corrected chi connectivity index (χ0v) is 11.0. The lowest BCUT2D eigenvalue weighted by Crippen LogP contribution is -2.47. The average Bonchev–Trinajstić information content (AvgIpc) is 2.71. The Kier molecular flexibility index (Phi) is 3.16. The molecule has 19 heavy (non-hydrogen) atoms. The van der Waals surface area contributed by atoms with Gasteiger partial charge in [-0.05, 0) is 37.6 Å². The Morgan fingerprint density at radius 2 is 2.32 bits per heavy atom. The number of nitrogens with zero attached hydrogens (tertiary/aromatic N) is 1. The summed E-state index contributed by atoms with van der Waals surface area (Å²) in [6.07, 6.45) is 1.17. The molecule has 1 aromatic carbocycles. The fraction of sp³-hybridized carbons (Fsp3) is 0.500. The summed E-state index contributed by atoms with van der Waals surface area (Å²) in [5, 5.41) is 16.8. The van der Waals surface area contributed by atoms with Gasteiger partial charge in [-0.15, -0.1) is 0 Å². The van der Waals surface area contributed by atoms with Gasteiger partial charge in [-0.2, -0.15) is 0 Å². The standard InChI is InChI=1S/C14H19N3O2/c1-15-9-4-5-11-12(7-9)14(19)17(13(11)18)10-3-2-6-16-8-10/h4-5,7,10,14-16,19H,2-3,6,8H2,1H3. The molecule has 2 unspecified atom stereocenters. The van der Waals surface area contributed by atoms with E-state index < -0.39 is 6.23 Å². The van der Waals surface area contributed by atoms with E-state index in [1.165, 1.54) is 0 Å². The zero-order valence-electron chi connectivity index (χ0n) is 11.0. The van der Waals surface area contributed by atoms with E-state index in [2.05, 4.69) is 10.6 Å². The molecular formula is C14H19N3O2. The van der Waals surface area contributed by atoms with E-state index in [4.69, 9.17) is 0 Å². The molecule has 0 spiro atoms. The number of carbonyl (C=O) groups is 1. The number of anilines is 1. The molecule has 102 valence electrons. The van der Waals surface area contributed by atoms with Crippen molar-refractivity contribution in [1.82, 2.24) is 10.2 Å². The molecule has 5 nitrogen and oxygen atoms in total. The van der Waals surface area contributed by atoms with Gasteiger partial charge in [-0.25, -0.2) is 0 Å². The van der Waals surface area contributed by atoms with Gasteiger partial charge in [0.1, 0.15) is 0 Å². The number of nitrogens with one attached hydrogen (secondary N) is 2. The molecular weight excluding hydrogens is 242 g/mol. The zero-order chi connectivity index (χ0) is 13.4. The van der Waals surface area contributed by atoms with Crippen molar-refractivity contribution in [3.8, 4) is 0 Å². The predicted octanol–water partition coefficient (Wildman–Crippen LogP) is 0.927. The van der Waals surface area contributed by atoms with Crippen LogP contribution in [0.4, 0.5) is 5.69 Å². The number of aliphatic hydroxyl groups excluding tert-OH is 1. The number of piperidine rings is 1. The fourth-order valence-electron chi connectivity index (χ4n) is 2.96. The Bertz CT molecular complexity index is 497. The van der Waals surface area contributed by atoms with E-state index in [9.17, 15) is 9.90 Å². The summed E-state index contributed by atoms with van der Waals surface area (Å²) in [4.78, 5) is 14.0. The number of rotatable bonds is 2. The molecule has 1 fully saturated rings. The van der Waals surface area contributed by atoms with Crippen LogP contribution in [-0.2, 0) is 0 Å². The van der Waals surface area contributed by atoms with Gasteiger partial charge in [-0.1, -0.05) is 0 Å². The Morgan fingerprint density at radius 3 is 3.00 bits per heavy atom. The van der Waals surface area contributed by atoms with Crippen LogP contribution in [-0.4, -0.2) is 42.1 Å². The first-order valence-corrected chi connectivity index (χ1v) is 6.75. The lowest BCUT2D eigenvalue weighted by molar-refractivity contribution is -0.00780. The van der Waals surface area contributed by atoms with Gasteiger partial charge in [0.25, 0.3) is 5.91 Å². The highest BCUT2D eigenvalue weighted by molar-refractivity contribution is 5.99. The fourth-order valence-corrected chi connectivity index (χ4v) is 2.96. The van der Waals surface area contributed by atoms with Crippen LogP contribution in [0.2, 0.25) is 0 Å². The van der Waals surface area contributed by atoms with E-state index in [0.717, 1.165) is 31.6 Å². The molecule has 0 bridgehead atoms. The maximum atomic E-state index is 12.4. The van der Waals surface area contributed by atoms with Crippen molar-refractivity contribution in [2.24, 2.45) is 0 Å². The molecule has 1 saturated heterocycles. The molecule has 1 amide bonds. The molecule has 2 aliphatic heterocycles. The number of aliphatic hydroxyl groups is 1. The lowest BCUT2D eigenvalue weighted by Gasteiger charge is -2.33. The largest absolute Gasteiger partial charge is 0.388 e. The van der Waals surface area contributed by atoms with E-state index in [0.29, 0.717) is 11.1 Å². The summed E-state index contributed by atoms with van der Waals surface area (Å²) >= 11 is 0. The van der Waals surface area contributed by atoms with Crippen molar-refractivity contribution >= 4 is 11.6 Å². The van der Waals surface area contributed by atoms with Crippen molar-refractivity contribution < 1.29 is 9.90 Å². The molecule has 3 N–H and O–H groups in total. The summed E-state index contributed by atoms with van der Waals surface area (Å²) in [6, 6.07) is 5.60. The number of amides is 1. The highest BCUT2D eigenvalue weighted by Gasteiger charge is 2.40. The quantitative estimate of drug-likeness (QED) is 0.741. The maximum Gasteiger partial charge on any atom is 0.256 e. The van der Waals surface area contributed by atoms with Crippen LogP contribution in [0.15, 0.2) is 18.2 Å². The molecule has 2 aliphatic rings. The second kappa shape index (κ2) is 4.83. The molecule has 0 aromatic heterocycles. The maximum absolute atomic E-state index is 12.4. The molecule has 0 saturated carbocycles. The molecule has 3 rings (SSSR count). The summed E-state index contributed by atoms with van der Waals surface area (Å²) in [5.41, 5.74) is 2.24. The first-order chi connectivity index (χ1) is 9.22. The van der Waals surface area contributed by atoms with Crippen LogP contribution in [0, 0.1) is 0 Å². The van der Waals surface area contributed by atoms with Gasteiger partial charge in [0.15, 0.2) is 6.23 Å². The van der Waals surface area contributed by atoms with E-state index >= 15 is 0 Å². The predicted molar refractivity (Wildman–Crippen MR) is 73.0 cm³/mol. The van der Waals surface area contributed by atoms with Crippen molar-refractivity contribution in [2.75, 3.05) is 25.5 Å². The third-order valence-electron chi connectivity index (χ3n) is 4.01. The van der Waals surface area contributed by atoms with Crippen molar-refractivity contribution in [3.63, 3.8) is 0 Å². The first-order valence-electron chi connectivity index (χ1n) is 6.75. The monoisotopic (exact) mass is 261 g/mol. The van der Waals surface area contributed by atoms with Crippen LogP contribution in [0.5, 0.6) is 0 Å². The van der Waals surface area contributed by atoms with Crippen molar-refractivity contribution in [3.05, 3.63) is 29.3 Å². The topological polar surface area (TPSA) is 64.6 Å². The van der Waals surface area contributed by atoms with Crippen molar-refractivity contribution in [2.45, 2.75) is 25.1 Å².